The van der Waals surface area contributed by atoms with Crippen molar-refractivity contribution >= 4 is 11.6 Å². The van der Waals surface area contributed by atoms with Crippen LogP contribution in [0.2, 0.25) is 0 Å². The van der Waals surface area contributed by atoms with E-state index in [4.69, 9.17) is 9.47 Å². The van der Waals surface area contributed by atoms with Gasteiger partial charge in [-0.05, 0) is 44.0 Å². The Balaban J connectivity index is 2.05. The zero-order valence-corrected chi connectivity index (χ0v) is 16.8. The molecule has 1 unspecified atom stereocenters. The van der Waals surface area contributed by atoms with Gasteiger partial charge in [0.2, 0.25) is 0 Å². The average molecular weight is 380 g/mol. The van der Waals surface area contributed by atoms with E-state index in [0.29, 0.717) is 25.3 Å². The van der Waals surface area contributed by atoms with Gasteiger partial charge in [-0.25, -0.2) is 0 Å². The molecule has 1 heterocycles. The molecule has 1 atom stereocenters. The molecular formula is C23H28N2O3. The van der Waals surface area contributed by atoms with Crippen LogP contribution >= 0.6 is 0 Å². The topological polar surface area (TPSA) is 50.8 Å². The van der Waals surface area contributed by atoms with Gasteiger partial charge in [0.1, 0.15) is 18.0 Å². The number of para-hydroxylation sites is 2. The van der Waals surface area contributed by atoms with Crippen molar-refractivity contribution in [3.8, 4) is 5.75 Å². The first-order valence-corrected chi connectivity index (χ1v) is 9.52. The fourth-order valence-electron chi connectivity index (χ4n) is 3.56. The Bertz CT molecular complexity index is 864. The maximum absolute atomic E-state index is 13.4. The van der Waals surface area contributed by atoms with Gasteiger partial charge < -0.3 is 19.7 Å². The zero-order chi connectivity index (χ0) is 20.1. The van der Waals surface area contributed by atoms with Gasteiger partial charge in [0.25, 0.3) is 5.91 Å². The second kappa shape index (κ2) is 8.48. The van der Waals surface area contributed by atoms with Crippen LogP contribution in [0.25, 0.3) is 0 Å². The number of hydrogen-bond acceptors (Lipinski definition) is 4. The van der Waals surface area contributed by atoms with Crippen LogP contribution in [0.3, 0.4) is 0 Å². The van der Waals surface area contributed by atoms with Crippen LogP contribution < -0.4 is 10.1 Å². The summed E-state index contributed by atoms with van der Waals surface area (Å²) in [5, 5.41) is 3.59. The maximum atomic E-state index is 13.4. The van der Waals surface area contributed by atoms with Gasteiger partial charge in [0, 0.05) is 31.5 Å². The third-order valence-corrected chi connectivity index (χ3v) is 4.94. The molecule has 0 spiro atoms. The van der Waals surface area contributed by atoms with Gasteiger partial charge in [-0.3, -0.25) is 4.79 Å². The highest BCUT2D eigenvalue weighted by molar-refractivity contribution is 6.02. The monoisotopic (exact) mass is 380 g/mol. The number of rotatable bonds is 8. The molecule has 0 aromatic heterocycles. The highest BCUT2D eigenvalue weighted by Gasteiger charge is 2.43. The van der Waals surface area contributed by atoms with Crippen molar-refractivity contribution in [3.63, 3.8) is 0 Å². The summed E-state index contributed by atoms with van der Waals surface area (Å²) >= 11 is 0. The molecule has 0 saturated carbocycles. The highest BCUT2D eigenvalue weighted by atomic mass is 16.5. The SMILES string of the molecule is C=C(C)COc1ccccc1C1(C)Nc2ccccc2C(=O)N1CCCOC. The average Bonchev–Trinajstić information content (AvgIpc) is 2.69. The lowest BCUT2D eigenvalue weighted by atomic mass is 9.92. The summed E-state index contributed by atoms with van der Waals surface area (Å²) < 4.78 is 11.2. The molecule has 1 N–H and O–H groups in total. The molecule has 28 heavy (non-hydrogen) atoms. The summed E-state index contributed by atoms with van der Waals surface area (Å²) in [5.74, 6) is 0.743. The molecule has 0 aliphatic carbocycles. The molecule has 148 valence electrons. The predicted molar refractivity (Wildman–Crippen MR) is 112 cm³/mol. The van der Waals surface area contributed by atoms with E-state index in [1.165, 1.54) is 0 Å². The molecule has 5 heteroatoms. The van der Waals surface area contributed by atoms with E-state index < -0.39 is 5.66 Å². The van der Waals surface area contributed by atoms with Crippen LogP contribution in [0.5, 0.6) is 5.75 Å². The number of nitrogens with zero attached hydrogens (tertiary/aromatic N) is 1. The van der Waals surface area contributed by atoms with Crippen LogP contribution in [-0.2, 0) is 10.4 Å². The Morgan fingerprint density at radius 2 is 1.89 bits per heavy atom. The number of nitrogens with one attached hydrogen (secondary N) is 1. The third kappa shape index (κ3) is 3.90. The molecule has 3 rings (SSSR count). The predicted octanol–water partition coefficient (Wildman–Crippen LogP) is 4.42. The number of hydrogen-bond donors (Lipinski definition) is 1. The van der Waals surface area contributed by atoms with Crippen LogP contribution in [0.4, 0.5) is 5.69 Å². The summed E-state index contributed by atoms with van der Waals surface area (Å²) in [7, 11) is 1.67. The van der Waals surface area contributed by atoms with E-state index in [9.17, 15) is 4.79 Å². The quantitative estimate of drug-likeness (QED) is 0.544. The molecule has 5 nitrogen and oxygen atoms in total. The van der Waals surface area contributed by atoms with Crippen molar-refractivity contribution < 1.29 is 14.3 Å². The first kappa shape index (κ1) is 20.0. The molecule has 2 aromatic rings. The summed E-state index contributed by atoms with van der Waals surface area (Å²) in [6, 6.07) is 15.5. The smallest absolute Gasteiger partial charge is 0.258 e. The Morgan fingerprint density at radius 3 is 2.64 bits per heavy atom. The molecular weight excluding hydrogens is 352 g/mol. The van der Waals surface area contributed by atoms with Crippen molar-refractivity contribution in [2.45, 2.75) is 25.9 Å². The second-order valence-electron chi connectivity index (χ2n) is 7.29. The van der Waals surface area contributed by atoms with Crippen LogP contribution in [-0.4, -0.2) is 37.7 Å². The minimum atomic E-state index is -0.745. The third-order valence-electron chi connectivity index (χ3n) is 4.94. The Morgan fingerprint density at radius 1 is 1.18 bits per heavy atom. The van der Waals surface area contributed by atoms with Gasteiger partial charge in [-0.2, -0.15) is 0 Å². The lowest BCUT2D eigenvalue weighted by Crippen LogP contribution is -2.56. The summed E-state index contributed by atoms with van der Waals surface area (Å²) in [5.41, 5.74) is 2.61. The van der Waals surface area contributed by atoms with Crippen molar-refractivity contribution in [1.29, 1.82) is 0 Å². The van der Waals surface area contributed by atoms with E-state index in [1.54, 1.807) is 7.11 Å². The van der Waals surface area contributed by atoms with E-state index in [1.807, 2.05) is 67.3 Å². The number of anilines is 1. The largest absolute Gasteiger partial charge is 0.489 e. The lowest BCUT2D eigenvalue weighted by Gasteiger charge is -2.47. The number of amides is 1. The van der Waals surface area contributed by atoms with Crippen LogP contribution in [0, 0.1) is 0 Å². The highest BCUT2D eigenvalue weighted by Crippen LogP contribution is 2.41. The molecule has 2 aromatic carbocycles. The fourth-order valence-corrected chi connectivity index (χ4v) is 3.56. The van der Waals surface area contributed by atoms with Gasteiger partial charge in [0.15, 0.2) is 0 Å². The second-order valence-corrected chi connectivity index (χ2v) is 7.29. The number of benzene rings is 2. The number of fused-ring (bicyclic) bond motifs is 1. The van der Waals surface area contributed by atoms with Gasteiger partial charge in [-0.1, -0.05) is 36.9 Å². The van der Waals surface area contributed by atoms with Gasteiger partial charge >= 0.3 is 0 Å². The number of methoxy groups -OCH3 is 1. The summed E-state index contributed by atoms with van der Waals surface area (Å²) in [4.78, 5) is 15.2. The normalized spacial score (nSPS) is 18.4. The first-order chi connectivity index (χ1) is 13.5. The fraction of sp³-hybridized carbons (Fsp3) is 0.348. The standard InChI is InChI=1S/C23H28N2O3/c1-17(2)16-28-21-13-8-6-11-19(21)23(3)24-20-12-7-5-10-18(20)22(26)25(23)14-9-15-27-4/h5-8,10-13,24H,1,9,14-16H2,2-4H3. The number of carbonyl (C=O) groups is 1. The van der Waals surface area contributed by atoms with Crippen molar-refractivity contribution in [2.24, 2.45) is 0 Å². The molecule has 1 aliphatic rings. The van der Waals surface area contributed by atoms with Crippen LogP contribution in [0.1, 0.15) is 36.2 Å². The van der Waals surface area contributed by atoms with E-state index in [2.05, 4.69) is 11.9 Å². The van der Waals surface area contributed by atoms with Gasteiger partial charge in [-0.15, -0.1) is 0 Å². The minimum Gasteiger partial charge on any atom is -0.489 e. The van der Waals surface area contributed by atoms with E-state index in [-0.39, 0.29) is 5.91 Å². The molecule has 1 aliphatic heterocycles. The Labute approximate surface area is 167 Å². The van der Waals surface area contributed by atoms with Crippen molar-refractivity contribution in [1.82, 2.24) is 4.90 Å². The lowest BCUT2D eigenvalue weighted by molar-refractivity contribution is 0.0499. The van der Waals surface area contributed by atoms with Crippen molar-refractivity contribution in [3.05, 3.63) is 71.8 Å². The Hall–Kier alpha value is -2.79. The molecule has 0 saturated heterocycles. The number of carbonyl (C=O) groups excluding carboxylic acids is 1. The van der Waals surface area contributed by atoms with Crippen molar-refractivity contribution in [2.75, 3.05) is 32.2 Å². The zero-order valence-electron chi connectivity index (χ0n) is 16.8. The first-order valence-electron chi connectivity index (χ1n) is 9.52. The minimum absolute atomic E-state index is 0.00246. The molecule has 1 amide bonds. The summed E-state index contributed by atoms with van der Waals surface area (Å²) in [6.45, 7) is 9.47. The maximum Gasteiger partial charge on any atom is 0.258 e. The Kier molecular flexibility index (Phi) is 6.05. The van der Waals surface area contributed by atoms with Gasteiger partial charge in [0.05, 0.1) is 5.56 Å². The summed E-state index contributed by atoms with van der Waals surface area (Å²) in [6.07, 6.45) is 0.746. The molecule has 0 bridgehead atoms. The van der Waals surface area contributed by atoms with E-state index >= 15 is 0 Å². The number of ether oxygens (including phenoxy) is 2. The molecule has 0 radical (unpaired) electrons. The molecule has 0 fully saturated rings. The van der Waals surface area contributed by atoms with E-state index in [0.717, 1.165) is 29.0 Å². The van der Waals surface area contributed by atoms with Crippen LogP contribution in [0.15, 0.2) is 60.7 Å².